The van der Waals surface area contributed by atoms with Crippen molar-refractivity contribution in [2.45, 2.75) is 0 Å². The van der Waals surface area contributed by atoms with Gasteiger partial charge in [0.15, 0.2) is 0 Å². The number of benzene rings is 2. The fourth-order valence-electron chi connectivity index (χ4n) is 2.31. The van der Waals surface area contributed by atoms with Crippen molar-refractivity contribution < 1.29 is 14.3 Å². The molecule has 4 nitrogen and oxygen atoms in total. The van der Waals surface area contributed by atoms with Crippen molar-refractivity contribution in [1.82, 2.24) is 4.98 Å². The number of carboxylic acid groups (broad SMARTS) is 1. The summed E-state index contributed by atoms with van der Waals surface area (Å²) in [7, 11) is 0. The topological polar surface area (TPSA) is 70.2 Å². The van der Waals surface area contributed by atoms with Gasteiger partial charge in [-0.2, -0.15) is 0 Å². The predicted octanol–water partition coefficient (Wildman–Crippen LogP) is 3.69. The summed E-state index contributed by atoms with van der Waals surface area (Å²) < 4.78 is 13.9. The third-order valence-electron chi connectivity index (χ3n) is 3.33. The van der Waals surface area contributed by atoms with E-state index in [4.69, 9.17) is 11.6 Å². The number of hydrogen-bond donors (Lipinski definition) is 2. The zero-order valence-corrected chi connectivity index (χ0v) is 11.8. The molecule has 3 rings (SSSR count). The molecule has 0 bridgehead atoms. The predicted molar refractivity (Wildman–Crippen MR) is 81.9 cm³/mol. The first kappa shape index (κ1) is 14.3. The van der Waals surface area contributed by atoms with Gasteiger partial charge in [-0.15, -0.1) is 0 Å². The number of aromatic amines is 1. The van der Waals surface area contributed by atoms with Gasteiger partial charge in [0.05, 0.1) is 11.2 Å². The summed E-state index contributed by atoms with van der Waals surface area (Å²) in [6.45, 7) is 0. The standard InChI is InChI=1S/C16H9ClFNO3/c17-9-6-4-8(5-7-9)13-12(16(21)22)15(20)10-2-1-3-11(18)14(10)19-13/h1-7H,(H,19,20)(H,21,22). The smallest absolute Gasteiger partial charge is 0.341 e. The Labute approximate surface area is 128 Å². The molecule has 3 aromatic rings. The first-order valence-corrected chi connectivity index (χ1v) is 6.70. The van der Waals surface area contributed by atoms with Crippen molar-refractivity contribution >= 4 is 28.5 Å². The number of H-pyrrole nitrogens is 1. The minimum Gasteiger partial charge on any atom is -0.477 e. The average Bonchev–Trinajstić information content (AvgIpc) is 2.48. The molecule has 0 aliphatic heterocycles. The lowest BCUT2D eigenvalue weighted by molar-refractivity contribution is 0.0696. The van der Waals surface area contributed by atoms with Crippen molar-refractivity contribution in [2.24, 2.45) is 0 Å². The molecular formula is C16H9ClFNO3. The highest BCUT2D eigenvalue weighted by molar-refractivity contribution is 6.30. The van der Waals surface area contributed by atoms with Gasteiger partial charge in [0.2, 0.25) is 5.43 Å². The van der Waals surface area contributed by atoms with E-state index < -0.39 is 22.8 Å². The molecule has 0 atom stereocenters. The monoisotopic (exact) mass is 317 g/mol. The van der Waals surface area contributed by atoms with Crippen LogP contribution in [0.4, 0.5) is 4.39 Å². The number of carboxylic acids is 1. The van der Waals surface area contributed by atoms with Gasteiger partial charge in [0.25, 0.3) is 0 Å². The zero-order valence-electron chi connectivity index (χ0n) is 11.1. The lowest BCUT2D eigenvalue weighted by Crippen LogP contribution is -2.18. The molecule has 0 spiro atoms. The molecule has 1 aromatic heterocycles. The van der Waals surface area contributed by atoms with Crippen molar-refractivity contribution in [3.8, 4) is 11.3 Å². The number of aromatic nitrogens is 1. The highest BCUT2D eigenvalue weighted by atomic mass is 35.5. The maximum atomic E-state index is 13.9. The summed E-state index contributed by atoms with van der Waals surface area (Å²) in [6, 6.07) is 10.2. The largest absolute Gasteiger partial charge is 0.477 e. The van der Waals surface area contributed by atoms with Gasteiger partial charge in [-0.1, -0.05) is 29.8 Å². The Bertz CT molecular complexity index is 948. The average molecular weight is 318 g/mol. The van der Waals surface area contributed by atoms with Gasteiger partial charge >= 0.3 is 5.97 Å². The van der Waals surface area contributed by atoms with Crippen molar-refractivity contribution in [2.75, 3.05) is 0 Å². The van der Waals surface area contributed by atoms with E-state index in [2.05, 4.69) is 4.98 Å². The molecule has 0 amide bonds. The Morgan fingerprint density at radius 3 is 2.45 bits per heavy atom. The van der Waals surface area contributed by atoms with Gasteiger partial charge in [0.1, 0.15) is 11.4 Å². The third-order valence-corrected chi connectivity index (χ3v) is 3.58. The molecule has 0 saturated carbocycles. The van der Waals surface area contributed by atoms with E-state index in [9.17, 15) is 19.1 Å². The van der Waals surface area contributed by atoms with Gasteiger partial charge in [-0.05, 0) is 29.8 Å². The fraction of sp³-hybridized carbons (Fsp3) is 0. The van der Waals surface area contributed by atoms with Gasteiger partial charge < -0.3 is 10.1 Å². The summed E-state index contributed by atoms with van der Waals surface area (Å²) in [4.78, 5) is 26.6. The lowest BCUT2D eigenvalue weighted by Gasteiger charge is -2.09. The molecule has 1 heterocycles. The molecule has 0 saturated heterocycles. The summed E-state index contributed by atoms with van der Waals surface area (Å²) in [5.41, 5.74) is -0.704. The van der Waals surface area contributed by atoms with Crippen LogP contribution in [0.25, 0.3) is 22.2 Å². The quantitative estimate of drug-likeness (QED) is 0.757. The van der Waals surface area contributed by atoms with Gasteiger partial charge in [0, 0.05) is 10.4 Å². The van der Waals surface area contributed by atoms with E-state index in [1.165, 1.54) is 18.2 Å². The van der Waals surface area contributed by atoms with Crippen LogP contribution in [-0.2, 0) is 0 Å². The van der Waals surface area contributed by atoms with E-state index in [1.54, 1.807) is 24.3 Å². The Morgan fingerprint density at radius 1 is 1.14 bits per heavy atom. The van der Waals surface area contributed by atoms with Crippen molar-refractivity contribution in [3.63, 3.8) is 0 Å². The molecule has 0 fully saturated rings. The van der Waals surface area contributed by atoms with Crippen LogP contribution >= 0.6 is 11.6 Å². The molecule has 110 valence electrons. The molecule has 0 radical (unpaired) electrons. The van der Waals surface area contributed by atoms with E-state index >= 15 is 0 Å². The maximum absolute atomic E-state index is 13.9. The summed E-state index contributed by atoms with van der Waals surface area (Å²) in [6.07, 6.45) is 0. The fourth-order valence-corrected chi connectivity index (χ4v) is 2.44. The minimum atomic E-state index is -1.38. The van der Waals surface area contributed by atoms with Gasteiger partial charge in [-0.25, -0.2) is 9.18 Å². The van der Waals surface area contributed by atoms with Crippen LogP contribution in [0.3, 0.4) is 0 Å². The second-order valence-corrected chi connectivity index (χ2v) is 5.12. The SMILES string of the molecule is O=C(O)c1c(-c2ccc(Cl)cc2)[nH]c2c(F)cccc2c1=O. The summed E-state index contributed by atoms with van der Waals surface area (Å²) in [5, 5.41) is 9.81. The highest BCUT2D eigenvalue weighted by Crippen LogP contribution is 2.25. The molecule has 2 N–H and O–H groups in total. The number of rotatable bonds is 2. The second kappa shape index (κ2) is 5.27. The number of para-hydroxylation sites is 1. The van der Waals surface area contributed by atoms with Crippen LogP contribution in [-0.4, -0.2) is 16.1 Å². The Balaban J connectivity index is 2.44. The van der Waals surface area contributed by atoms with Crippen LogP contribution in [0.2, 0.25) is 5.02 Å². The van der Waals surface area contributed by atoms with E-state index in [1.807, 2.05) is 0 Å². The molecule has 0 aliphatic rings. The number of fused-ring (bicyclic) bond motifs is 1. The number of nitrogens with one attached hydrogen (secondary N) is 1. The van der Waals surface area contributed by atoms with Crippen LogP contribution in [0, 0.1) is 5.82 Å². The Hall–Kier alpha value is -2.66. The lowest BCUT2D eigenvalue weighted by atomic mass is 10.0. The second-order valence-electron chi connectivity index (χ2n) is 4.68. The van der Waals surface area contributed by atoms with E-state index in [-0.39, 0.29) is 16.6 Å². The van der Waals surface area contributed by atoms with Crippen LogP contribution < -0.4 is 5.43 Å². The maximum Gasteiger partial charge on any atom is 0.341 e. The Kier molecular flexibility index (Phi) is 3.42. The molecule has 6 heteroatoms. The normalized spacial score (nSPS) is 10.8. The number of carbonyl (C=O) groups is 1. The molecular weight excluding hydrogens is 309 g/mol. The van der Waals surface area contributed by atoms with Crippen LogP contribution in [0.1, 0.15) is 10.4 Å². The molecule has 0 unspecified atom stereocenters. The van der Waals surface area contributed by atoms with Crippen molar-refractivity contribution in [1.29, 1.82) is 0 Å². The molecule has 22 heavy (non-hydrogen) atoms. The minimum absolute atomic E-state index is 0.00452. The first-order valence-electron chi connectivity index (χ1n) is 6.33. The number of halogens is 2. The van der Waals surface area contributed by atoms with Crippen LogP contribution in [0.5, 0.6) is 0 Å². The highest BCUT2D eigenvalue weighted by Gasteiger charge is 2.20. The summed E-state index contributed by atoms with van der Waals surface area (Å²) in [5.74, 6) is -2.00. The van der Waals surface area contributed by atoms with E-state index in [0.29, 0.717) is 10.6 Å². The Morgan fingerprint density at radius 2 is 1.82 bits per heavy atom. The van der Waals surface area contributed by atoms with Gasteiger partial charge in [-0.3, -0.25) is 4.79 Å². The third kappa shape index (κ3) is 2.25. The van der Waals surface area contributed by atoms with E-state index in [0.717, 1.165) is 0 Å². The number of aromatic carboxylic acids is 1. The van der Waals surface area contributed by atoms with Crippen molar-refractivity contribution in [3.05, 3.63) is 69.1 Å². The number of hydrogen-bond acceptors (Lipinski definition) is 2. The zero-order chi connectivity index (χ0) is 15.9. The molecule has 0 aliphatic carbocycles. The van der Waals surface area contributed by atoms with Crippen LogP contribution in [0.15, 0.2) is 47.3 Å². The first-order chi connectivity index (χ1) is 10.5. The molecule has 2 aromatic carbocycles. The summed E-state index contributed by atoms with van der Waals surface area (Å²) >= 11 is 5.80. The number of pyridine rings is 1.